The van der Waals surface area contributed by atoms with Crippen LogP contribution in [-0.2, 0) is 0 Å². The lowest BCUT2D eigenvalue weighted by Gasteiger charge is -2.23. The van der Waals surface area contributed by atoms with Crippen LogP contribution in [0.2, 0.25) is 0 Å². The lowest BCUT2D eigenvalue weighted by molar-refractivity contribution is 0.0774. The van der Waals surface area contributed by atoms with Crippen LogP contribution < -0.4 is 5.73 Å². The van der Waals surface area contributed by atoms with E-state index in [2.05, 4.69) is 0 Å². The molecular weight excluding hydrogens is 240 g/mol. The van der Waals surface area contributed by atoms with Crippen molar-refractivity contribution in [2.75, 3.05) is 6.54 Å². The molecule has 0 aliphatic carbocycles. The number of carbonyl (C=O) groups is 1. The van der Waals surface area contributed by atoms with E-state index in [1.165, 1.54) is 11.3 Å². The fourth-order valence-electron chi connectivity index (χ4n) is 2.03. The van der Waals surface area contributed by atoms with Crippen LogP contribution in [-0.4, -0.2) is 28.4 Å². The molecule has 1 fully saturated rings. The molecule has 1 atom stereocenters. The number of hydrogen-bond acceptors (Lipinski definition) is 3. The van der Waals surface area contributed by atoms with Gasteiger partial charge in [-0.25, -0.2) is 0 Å². The Kier molecular flexibility index (Phi) is 3.25. The second kappa shape index (κ2) is 4.51. The summed E-state index contributed by atoms with van der Waals surface area (Å²) in [6.45, 7) is 2.72. The maximum absolute atomic E-state index is 12.3. The van der Waals surface area contributed by atoms with E-state index in [0.29, 0.717) is 4.99 Å². The van der Waals surface area contributed by atoms with Gasteiger partial charge in [-0.2, -0.15) is 0 Å². The minimum atomic E-state index is -0.0519. The number of carbonyl (C=O) groups excluding carboxylic acids is 1. The van der Waals surface area contributed by atoms with Crippen molar-refractivity contribution in [1.82, 2.24) is 4.90 Å². The number of hydrogen-bond donors (Lipinski definition) is 1. The van der Waals surface area contributed by atoms with Gasteiger partial charge in [0.2, 0.25) is 0 Å². The lowest BCUT2D eigenvalue weighted by atomic mass is 10.2. The first kappa shape index (κ1) is 11.5. The summed E-state index contributed by atoms with van der Waals surface area (Å²) >= 11 is 6.48. The molecule has 86 valence electrons. The predicted octanol–water partition coefficient (Wildman–Crippen LogP) is 1.95. The van der Waals surface area contributed by atoms with Gasteiger partial charge in [-0.15, -0.1) is 11.3 Å². The van der Waals surface area contributed by atoms with Gasteiger partial charge < -0.3 is 10.6 Å². The maximum Gasteiger partial charge on any atom is 0.264 e. The zero-order valence-corrected chi connectivity index (χ0v) is 10.7. The van der Waals surface area contributed by atoms with Crippen LogP contribution in [0.25, 0.3) is 0 Å². The van der Waals surface area contributed by atoms with Gasteiger partial charge >= 0.3 is 0 Å². The van der Waals surface area contributed by atoms with Crippen LogP contribution in [0.4, 0.5) is 0 Å². The fourth-order valence-corrected chi connectivity index (χ4v) is 3.15. The number of nitrogens with two attached hydrogens (primary N) is 1. The van der Waals surface area contributed by atoms with Crippen molar-refractivity contribution in [1.29, 1.82) is 0 Å². The zero-order chi connectivity index (χ0) is 11.7. The molecule has 1 aromatic rings. The van der Waals surface area contributed by atoms with Crippen molar-refractivity contribution in [3.05, 3.63) is 21.9 Å². The Morgan fingerprint density at radius 2 is 2.44 bits per heavy atom. The number of amides is 1. The van der Waals surface area contributed by atoms with Crippen LogP contribution in [0.5, 0.6) is 0 Å². The summed E-state index contributed by atoms with van der Waals surface area (Å²) in [4.78, 5) is 15.3. The molecule has 1 aliphatic heterocycles. The molecule has 1 unspecified atom stereocenters. The number of aryl methyl sites for hydroxylation is 1. The van der Waals surface area contributed by atoms with Gasteiger partial charge in [0, 0.05) is 6.54 Å². The Bertz CT molecular complexity index is 427. The van der Waals surface area contributed by atoms with Gasteiger partial charge in [0.25, 0.3) is 5.91 Å². The summed E-state index contributed by atoms with van der Waals surface area (Å²) in [5.74, 6) is 0.0720. The maximum atomic E-state index is 12.3. The van der Waals surface area contributed by atoms with Crippen LogP contribution in [0.3, 0.4) is 0 Å². The lowest BCUT2D eigenvalue weighted by Crippen LogP contribution is -2.42. The van der Waals surface area contributed by atoms with E-state index in [1.807, 2.05) is 18.4 Å². The topological polar surface area (TPSA) is 46.3 Å². The van der Waals surface area contributed by atoms with Crippen molar-refractivity contribution >= 4 is 34.5 Å². The highest BCUT2D eigenvalue weighted by Gasteiger charge is 2.32. The number of rotatable bonds is 2. The number of nitrogens with zero attached hydrogens (tertiary/aromatic N) is 1. The normalized spacial score (nSPS) is 20.1. The smallest absolute Gasteiger partial charge is 0.264 e. The molecule has 2 rings (SSSR count). The molecule has 2 heterocycles. The van der Waals surface area contributed by atoms with Gasteiger partial charge in [0.05, 0.1) is 15.9 Å². The molecule has 0 bridgehead atoms. The largest absolute Gasteiger partial charge is 0.392 e. The van der Waals surface area contributed by atoms with Gasteiger partial charge in [-0.1, -0.05) is 12.2 Å². The molecular formula is C11H14N2OS2. The average molecular weight is 254 g/mol. The Morgan fingerprint density at radius 1 is 1.69 bits per heavy atom. The van der Waals surface area contributed by atoms with Gasteiger partial charge in [0.1, 0.15) is 0 Å². The van der Waals surface area contributed by atoms with Crippen LogP contribution in [0.1, 0.15) is 28.1 Å². The summed E-state index contributed by atoms with van der Waals surface area (Å²) in [6.07, 6.45) is 1.88. The number of thiocarbonyl (C=S) groups is 1. The minimum absolute atomic E-state index is 0.0519. The van der Waals surface area contributed by atoms with Crippen LogP contribution >= 0.6 is 23.6 Å². The van der Waals surface area contributed by atoms with Crippen molar-refractivity contribution in [2.24, 2.45) is 5.73 Å². The molecule has 1 amide bonds. The van der Waals surface area contributed by atoms with E-state index >= 15 is 0 Å². The fraction of sp³-hybridized carbons (Fsp3) is 0.455. The third-order valence-electron chi connectivity index (χ3n) is 2.90. The highest BCUT2D eigenvalue weighted by atomic mass is 32.1. The van der Waals surface area contributed by atoms with E-state index in [9.17, 15) is 4.79 Å². The van der Waals surface area contributed by atoms with E-state index in [1.54, 1.807) is 4.90 Å². The molecule has 0 saturated carbocycles. The van der Waals surface area contributed by atoms with E-state index < -0.39 is 0 Å². The third-order valence-corrected chi connectivity index (χ3v) is 4.17. The Hall–Kier alpha value is -0.940. The van der Waals surface area contributed by atoms with Crippen molar-refractivity contribution in [2.45, 2.75) is 25.8 Å². The van der Waals surface area contributed by atoms with Gasteiger partial charge in [-0.3, -0.25) is 4.79 Å². The van der Waals surface area contributed by atoms with Crippen molar-refractivity contribution in [3.8, 4) is 0 Å². The quantitative estimate of drug-likeness (QED) is 0.821. The summed E-state index contributed by atoms with van der Waals surface area (Å²) in [5.41, 5.74) is 6.69. The van der Waals surface area contributed by atoms with Crippen LogP contribution in [0, 0.1) is 6.92 Å². The third kappa shape index (κ3) is 1.97. The highest BCUT2D eigenvalue weighted by molar-refractivity contribution is 7.80. The Labute approximate surface area is 104 Å². The van der Waals surface area contributed by atoms with Crippen LogP contribution in [0.15, 0.2) is 11.4 Å². The molecule has 0 spiro atoms. The van der Waals surface area contributed by atoms with Crippen molar-refractivity contribution < 1.29 is 4.79 Å². The highest BCUT2D eigenvalue weighted by Crippen LogP contribution is 2.24. The summed E-state index contributed by atoms with van der Waals surface area (Å²) in [5, 5.41) is 1.94. The zero-order valence-electron chi connectivity index (χ0n) is 9.10. The first-order valence-corrected chi connectivity index (χ1v) is 6.54. The van der Waals surface area contributed by atoms with E-state index in [-0.39, 0.29) is 11.9 Å². The van der Waals surface area contributed by atoms with Crippen molar-refractivity contribution in [3.63, 3.8) is 0 Å². The standard InChI is InChI=1S/C11H14N2OS2/c1-7-4-6-16-9(7)11(14)13-5-2-3-8(13)10(12)15/h4,6,8H,2-3,5H2,1H3,(H2,12,15). The molecule has 16 heavy (non-hydrogen) atoms. The number of likely N-dealkylation sites (tertiary alicyclic amines) is 1. The molecule has 3 nitrogen and oxygen atoms in total. The Balaban J connectivity index is 2.22. The first-order chi connectivity index (χ1) is 7.61. The summed E-state index contributed by atoms with van der Waals surface area (Å²) in [6, 6.07) is 1.91. The second-order valence-corrected chi connectivity index (χ2v) is 5.38. The Morgan fingerprint density at radius 3 is 3.00 bits per heavy atom. The molecule has 1 saturated heterocycles. The molecule has 1 aliphatic rings. The van der Waals surface area contributed by atoms with E-state index in [0.717, 1.165) is 29.8 Å². The van der Waals surface area contributed by atoms with E-state index in [4.69, 9.17) is 18.0 Å². The van der Waals surface area contributed by atoms with Gasteiger partial charge in [0.15, 0.2) is 0 Å². The molecule has 1 aromatic heterocycles. The summed E-state index contributed by atoms with van der Waals surface area (Å²) < 4.78 is 0. The second-order valence-electron chi connectivity index (χ2n) is 3.99. The molecule has 0 aromatic carbocycles. The summed E-state index contributed by atoms with van der Waals surface area (Å²) in [7, 11) is 0. The number of thiophene rings is 1. The molecule has 5 heteroatoms. The molecule has 2 N–H and O–H groups in total. The molecule has 0 radical (unpaired) electrons. The predicted molar refractivity (Wildman–Crippen MR) is 69.9 cm³/mol. The monoisotopic (exact) mass is 254 g/mol. The first-order valence-electron chi connectivity index (χ1n) is 5.25. The van der Waals surface area contributed by atoms with Gasteiger partial charge in [-0.05, 0) is 36.8 Å². The minimum Gasteiger partial charge on any atom is -0.392 e. The SMILES string of the molecule is Cc1ccsc1C(=O)N1CCCC1C(N)=S. The average Bonchev–Trinajstić information content (AvgIpc) is 2.84.